The van der Waals surface area contributed by atoms with Crippen molar-refractivity contribution in [2.75, 3.05) is 4.66 Å². The third-order valence-electron chi connectivity index (χ3n) is 1.32. The van der Waals surface area contributed by atoms with Gasteiger partial charge >= 0.3 is 0 Å². The molecular weight excluding hydrogens is 263 g/mol. The van der Waals surface area contributed by atoms with Crippen LogP contribution in [0, 0.1) is 0 Å². The second-order valence-electron chi connectivity index (χ2n) is 2.18. The molecule has 66 valence electrons. The number of rotatable bonds is 2. The van der Waals surface area contributed by atoms with E-state index in [1.165, 1.54) is 12.1 Å². The number of hydrogen-bond donors (Lipinski definition) is 0. The lowest BCUT2D eigenvalue weighted by Crippen LogP contribution is -2.00. The highest BCUT2D eigenvalue weighted by Gasteiger charge is 2.10. The Morgan fingerprint density at radius 1 is 1.25 bits per heavy atom. The van der Waals surface area contributed by atoms with E-state index in [2.05, 4.69) is 15.9 Å². The molecule has 5 heteroatoms. The molecule has 0 radical (unpaired) electrons. The minimum atomic E-state index is -3.16. The molecule has 12 heavy (non-hydrogen) atoms. The van der Waals surface area contributed by atoms with E-state index < -0.39 is 9.84 Å². The monoisotopic (exact) mass is 268 g/mol. The largest absolute Gasteiger partial charge is 0.223 e. The smallest absolute Gasteiger partial charge is 0.188 e. The minimum Gasteiger partial charge on any atom is -0.223 e. The van der Waals surface area contributed by atoms with Crippen LogP contribution < -0.4 is 0 Å². The topological polar surface area (TPSA) is 34.1 Å². The first-order chi connectivity index (χ1) is 5.56. The van der Waals surface area contributed by atoms with E-state index in [4.69, 9.17) is 11.6 Å². The van der Waals surface area contributed by atoms with Crippen molar-refractivity contribution >= 4 is 37.4 Å². The molecule has 0 atom stereocenters. The first-order valence-electron chi connectivity index (χ1n) is 3.10. The van der Waals surface area contributed by atoms with Gasteiger partial charge in [-0.05, 0) is 24.3 Å². The average Bonchev–Trinajstić information content (AvgIpc) is 2.05. The molecule has 0 saturated carbocycles. The number of hydrogen-bond acceptors (Lipinski definition) is 2. The number of sulfone groups is 1. The van der Waals surface area contributed by atoms with Gasteiger partial charge in [0.1, 0.15) is 4.66 Å². The number of halogens is 2. The fourth-order valence-corrected chi connectivity index (χ4v) is 2.30. The number of alkyl halides is 1. The fraction of sp³-hybridized carbons (Fsp3) is 0.143. The van der Waals surface area contributed by atoms with E-state index >= 15 is 0 Å². The fourth-order valence-electron chi connectivity index (χ4n) is 0.705. The van der Waals surface area contributed by atoms with Crippen molar-refractivity contribution in [3.8, 4) is 0 Å². The molecule has 1 aromatic rings. The Kier molecular flexibility index (Phi) is 3.15. The normalized spacial score (nSPS) is 11.5. The third kappa shape index (κ3) is 2.21. The van der Waals surface area contributed by atoms with Gasteiger partial charge in [-0.3, -0.25) is 0 Å². The molecule has 0 aliphatic heterocycles. The van der Waals surface area contributed by atoms with Crippen molar-refractivity contribution in [3.05, 3.63) is 29.3 Å². The summed E-state index contributed by atoms with van der Waals surface area (Å²) >= 11 is 8.50. The maximum atomic E-state index is 11.2. The molecule has 0 fully saturated rings. The Bertz CT molecular complexity index is 357. The molecule has 0 amide bonds. The van der Waals surface area contributed by atoms with Crippen LogP contribution in [0.5, 0.6) is 0 Å². The van der Waals surface area contributed by atoms with Gasteiger partial charge in [0, 0.05) is 5.02 Å². The molecule has 0 heterocycles. The number of benzene rings is 1. The Morgan fingerprint density at radius 2 is 1.75 bits per heavy atom. The molecule has 2 nitrogen and oxygen atoms in total. The van der Waals surface area contributed by atoms with Crippen LogP contribution in [0.25, 0.3) is 0 Å². The summed E-state index contributed by atoms with van der Waals surface area (Å²) in [7, 11) is -3.16. The molecule has 0 aromatic heterocycles. The molecular formula is C7H6BrClO2S. The van der Waals surface area contributed by atoms with Crippen LogP contribution in [0.3, 0.4) is 0 Å². The molecule has 0 aliphatic carbocycles. The van der Waals surface area contributed by atoms with Crippen LogP contribution in [0.1, 0.15) is 0 Å². The molecule has 0 N–H and O–H groups in total. The molecule has 0 bridgehead atoms. The van der Waals surface area contributed by atoms with E-state index in [1.807, 2.05) is 0 Å². The van der Waals surface area contributed by atoms with Crippen molar-refractivity contribution in [1.82, 2.24) is 0 Å². The van der Waals surface area contributed by atoms with Crippen molar-refractivity contribution in [2.24, 2.45) is 0 Å². The van der Waals surface area contributed by atoms with E-state index in [0.29, 0.717) is 5.02 Å². The van der Waals surface area contributed by atoms with Gasteiger partial charge in [0.05, 0.1) is 4.90 Å². The van der Waals surface area contributed by atoms with Crippen LogP contribution in [-0.2, 0) is 9.84 Å². The van der Waals surface area contributed by atoms with Crippen LogP contribution >= 0.6 is 27.5 Å². The summed E-state index contributed by atoms with van der Waals surface area (Å²) in [6, 6.07) is 6.08. The highest BCUT2D eigenvalue weighted by atomic mass is 79.9. The average molecular weight is 270 g/mol. The van der Waals surface area contributed by atoms with E-state index in [0.717, 1.165) is 0 Å². The molecule has 1 rings (SSSR count). The SMILES string of the molecule is O=S(=O)(CBr)c1ccc(Cl)cc1. The van der Waals surface area contributed by atoms with E-state index in [1.54, 1.807) is 12.1 Å². The predicted octanol–water partition coefficient (Wildman–Crippen LogP) is 2.47. The summed E-state index contributed by atoms with van der Waals surface area (Å²) < 4.78 is 22.4. The summed E-state index contributed by atoms with van der Waals surface area (Å²) in [5.41, 5.74) is 0. The van der Waals surface area contributed by atoms with Gasteiger partial charge < -0.3 is 0 Å². The van der Waals surface area contributed by atoms with Gasteiger partial charge in [-0.15, -0.1) is 0 Å². The van der Waals surface area contributed by atoms with Gasteiger partial charge in [-0.1, -0.05) is 27.5 Å². The lowest BCUT2D eigenvalue weighted by Gasteiger charge is -1.98. The lowest BCUT2D eigenvalue weighted by molar-refractivity contribution is 0.601. The molecule has 0 unspecified atom stereocenters. The highest BCUT2D eigenvalue weighted by molar-refractivity contribution is 9.10. The Morgan fingerprint density at radius 3 is 2.17 bits per heavy atom. The summed E-state index contributed by atoms with van der Waals surface area (Å²) in [5.74, 6) is 0. The first-order valence-corrected chi connectivity index (χ1v) is 6.26. The second-order valence-corrected chi connectivity index (χ2v) is 5.91. The summed E-state index contributed by atoms with van der Waals surface area (Å²) in [6.07, 6.45) is 0. The van der Waals surface area contributed by atoms with Crippen LogP contribution in [0.4, 0.5) is 0 Å². The summed E-state index contributed by atoms with van der Waals surface area (Å²) in [5, 5.41) is 0.531. The van der Waals surface area contributed by atoms with Gasteiger partial charge in [0.2, 0.25) is 0 Å². The zero-order valence-electron chi connectivity index (χ0n) is 6.00. The van der Waals surface area contributed by atoms with Gasteiger partial charge in [-0.2, -0.15) is 0 Å². The van der Waals surface area contributed by atoms with Crippen LogP contribution in [0.15, 0.2) is 29.2 Å². The van der Waals surface area contributed by atoms with Gasteiger partial charge in [-0.25, -0.2) is 8.42 Å². The zero-order chi connectivity index (χ0) is 9.19. The summed E-state index contributed by atoms with van der Waals surface area (Å²) in [6.45, 7) is 0. The maximum Gasteiger partial charge on any atom is 0.188 e. The highest BCUT2D eigenvalue weighted by Crippen LogP contribution is 2.16. The Balaban J connectivity index is 3.14. The van der Waals surface area contributed by atoms with Crippen molar-refractivity contribution in [3.63, 3.8) is 0 Å². The molecule has 0 saturated heterocycles. The first kappa shape index (κ1) is 10.0. The predicted molar refractivity (Wildman–Crippen MR) is 52.4 cm³/mol. The van der Waals surface area contributed by atoms with Gasteiger partial charge in [0.15, 0.2) is 9.84 Å². The lowest BCUT2D eigenvalue weighted by atomic mass is 10.4. The Hall–Kier alpha value is -0.0600. The van der Waals surface area contributed by atoms with E-state index in [-0.39, 0.29) is 9.56 Å². The van der Waals surface area contributed by atoms with Crippen LogP contribution in [0.2, 0.25) is 5.02 Å². The summed E-state index contributed by atoms with van der Waals surface area (Å²) in [4.78, 5) is 0.281. The van der Waals surface area contributed by atoms with Crippen molar-refractivity contribution < 1.29 is 8.42 Å². The molecule has 0 spiro atoms. The van der Waals surface area contributed by atoms with Crippen molar-refractivity contribution in [1.29, 1.82) is 0 Å². The van der Waals surface area contributed by atoms with Gasteiger partial charge in [0.25, 0.3) is 0 Å². The zero-order valence-corrected chi connectivity index (χ0v) is 9.16. The van der Waals surface area contributed by atoms with Crippen LogP contribution in [-0.4, -0.2) is 13.1 Å². The Labute approximate surface area is 84.6 Å². The third-order valence-corrected chi connectivity index (χ3v) is 4.65. The van der Waals surface area contributed by atoms with Crippen molar-refractivity contribution in [2.45, 2.75) is 4.90 Å². The quantitative estimate of drug-likeness (QED) is 0.773. The second kappa shape index (κ2) is 3.77. The minimum absolute atomic E-state index is 0.0678. The standard InChI is InChI=1S/C7H6BrClO2S/c8-5-12(10,11)7-3-1-6(9)2-4-7/h1-4H,5H2. The molecule has 1 aromatic carbocycles. The maximum absolute atomic E-state index is 11.2. The van der Waals surface area contributed by atoms with E-state index in [9.17, 15) is 8.42 Å². The molecule has 0 aliphatic rings.